The summed E-state index contributed by atoms with van der Waals surface area (Å²) in [6, 6.07) is 18.7. The molecule has 0 saturated carbocycles. The maximum Gasteiger partial charge on any atom is 0.408 e. The van der Waals surface area contributed by atoms with E-state index in [-0.39, 0.29) is 18.7 Å². The average molecular weight is 580 g/mol. The van der Waals surface area contributed by atoms with Crippen LogP contribution in [0.5, 0.6) is 5.75 Å². The molecule has 0 aliphatic carbocycles. The summed E-state index contributed by atoms with van der Waals surface area (Å²) in [7, 11) is 0. The Kier molecular flexibility index (Phi) is 10.8. The second-order valence-electron chi connectivity index (χ2n) is 10.8. The topological polar surface area (TPSA) is 108 Å². The first-order valence-electron chi connectivity index (χ1n) is 13.6. The molecule has 2 unspecified atom stereocenters. The second-order valence-corrected chi connectivity index (χ2v) is 11.2. The quantitative estimate of drug-likeness (QED) is 0.257. The first-order chi connectivity index (χ1) is 19.4. The average Bonchev–Trinajstić information content (AvgIpc) is 2.90. The summed E-state index contributed by atoms with van der Waals surface area (Å²) in [5.74, 6) is -0.805. The number of hydrogen-bond donors (Lipinski definition) is 3. The summed E-state index contributed by atoms with van der Waals surface area (Å²) in [6.07, 6.45) is -0.0737. The molecule has 2 atom stereocenters. The van der Waals surface area contributed by atoms with Gasteiger partial charge in [-0.15, -0.1) is 0 Å². The van der Waals surface area contributed by atoms with Gasteiger partial charge in [-0.05, 0) is 69.0 Å². The number of anilines is 1. The minimum absolute atomic E-state index is 0.0833. The molecule has 3 amide bonds. The van der Waals surface area contributed by atoms with Gasteiger partial charge in [0.2, 0.25) is 5.91 Å². The second kappa shape index (κ2) is 14.0. The summed E-state index contributed by atoms with van der Waals surface area (Å²) in [6.45, 7) is 9.20. The molecule has 0 spiro atoms. The number of carbonyl (C=O) groups excluding carboxylic acids is 3. The minimum atomic E-state index is -1.05. The predicted octanol–water partition coefficient (Wildman–Crippen LogP) is 6.41. The molecule has 218 valence electrons. The van der Waals surface area contributed by atoms with Gasteiger partial charge in [-0.2, -0.15) is 0 Å². The van der Waals surface area contributed by atoms with Crippen LogP contribution in [0, 0.1) is 6.92 Å². The first kappa shape index (κ1) is 31.5. The number of aromatic hydroxyl groups is 1. The van der Waals surface area contributed by atoms with Crippen LogP contribution in [0.2, 0.25) is 5.02 Å². The van der Waals surface area contributed by atoms with Crippen LogP contribution in [0.25, 0.3) is 0 Å². The highest BCUT2D eigenvalue weighted by atomic mass is 35.5. The number of nitrogens with one attached hydrogen (secondary N) is 2. The van der Waals surface area contributed by atoms with Crippen molar-refractivity contribution in [1.82, 2.24) is 10.2 Å². The number of hydrogen-bond acceptors (Lipinski definition) is 5. The highest BCUT2D eigenvalue weighted by Crippen LogP contribution is 2.29. The van der Waals surface area contributed by atoms with Crippen LogP contribution in [-0.2, 0) is 20.7 Å². The molecule has 0 aliphatic rings. The molecule has 0 fully saturated rings. The number of alkyl carbamates (subject to hydrolysis) is 1. The number of amides is 3. The van der Waals surface area contributed by atoms with Crippen molar-refractivity contribution >= 4 is 35.2 Å². The van der Waals surface area contributed by atoms with Gasteiger partial charge < -0.3 is 25.4 Å². The fourth-order valence-electron chi connectivity index (χ4n) is 4.42. The van der Waals surface area contributed by atoms with E-state index in [0.717, 1.165) is 5.56 Å². The van der Waals surface area contributed by atoms with Crippen LogP contribution in [0.4, 0.5) is 10.5 Å². The van der Waals surface area contributed by atoms with E-state index in [2.05, 4.69) is 10.6 Å². The van der Waals surface area contributed by atoms with Crippen LogP contribution in [-0.4, -0.2) is 46.1 Å². The van der Waals surface area contributed by atoms with E-state index in [9.17, 15) is 19.5 Å². The molecule has 3 rings (SSSR count). The molecule has 0 bridgehead atoms. The molecule has 0 aliphatic heterocycles. The number of phenolic OH excluding ortho intramolecular Hbond substituents is 1. The molecule has 3 aromatic rings. The normalized spacial score (nSPS) is 12.6. The number of rotatable bonds is 10. The molecule has 0 saturated heterocycles. The third-order valence-electron chi connectivity index (χ3n) is 6.26. The smallest absolute Gasteiger partial charge is 0.408 e. The third-order valence-corrected chi connectivity index (χ3v) is 6.57. The summed E-state index contributed by atoms with van der Waals surface area (Å²) < 4.78 is 5.46. The lowest BCUT2D eigenvalue weighted by Gasteiger charge is -2.34. The third kappa shape index (κ3) is 8.98. The molecule has 3 aromatic carbocycles. The lowest BCUT2D eigenvalue weighted by atomic mass is 9.99. The van der Waals surface area contributed by atoms with Crippen molar-refractivity contribution in [3.8, 4) is 5.75 Å². The van der Waals surface area contributed by atoms with Gasteiger partial charge in [-0.3, -0.25) is 9.59 Å². The summed E-state index contributed by atoms with van der Waals surface area (Å²) in [5, 5.41) is 15.8. The van der Waals surface area contributed by atoms with E-state index in [4.69, 9.17) is 16.3 Å². The zero-order valence-corrected chi connectivity index (χ0v) is 24.9. The SMILES string of the molecule is CCCN(C(=O)C(Cc1ccc(O)cc1)NC(=O)OC(C)(C)C)C(C(=O)Nc1c(C)cccc1Cl)c1ccccc1. The predicted molar refractivity (Wildman–Crippen MR) is 161 cm³/mol. The standard InChI is InChI=1S/C32H38ClN3O5/c1-6-19-36(28(23-12-8-7-9-13-23)29(38)35-27-21(2)11-10-14-25(27)33)30(39)26(34-31(40)41-32(3,4)5)20-22-15-17-24(37)18-16-22/h7-18,26,28,37H,6,19-20H2,1-5H3,(H,34,40)(H,35,38). The van der Waals surface area contributed by atoms with E-state index in [1.807, 2.05) is 26.0 Å². The van der Waals surface area contributed by atoms with Gasteiger partial charge in [0.25, 0.3) is 5.91 Å². The number of benzene rings is 3. The van der Waals surface area contributed by atoms with Crippen molar-refractivity contribution in [3.63, 3.8) is 0 Å². The van der Waals surface area contributed by atoms with Gasteiger partial charge in [0, 0.05) is 13.0 Å². The molecule has 0 radical (unpaired) electrons. The first-order valence-corrected chi connectivity index (χ1v) is 14.0. The van der Waals surface area contributed by atoms with Crippen molar-refractivity contribution in [3.05, 3.63) is 94.5 Å². The largest absolute Gasteiger partial charge is 0.508 e. The molecule has 41 heavy (non-hydrogen) atoms. The monoisotopic (exact) mass is 579 g/mol. The van der Waals surface area contributed by atoms with Gasteiger partial charge in [0.15, 0.2) is 0 Å². The van der Waals surface area contributed by atoms with E-state index >= 15 is 0 Å². The van der Waals surface area contributed by atoms with Crippen molar-refractivity contribution in [2.45, 2.75) is 65.1 Å². The molecule has 3 N–H and O–H groups in total. The minimum Gasteiger partial charge on any atom is -0.508 e. The molecular weight excluding hydrogens is 542 g/mol. The molecule has 0 heterocycles. The van der Waals surface area contributed by atoms with E-state index in [1.54, 1.807) is 69.3 Å². The number of para-hydroxylation sites is 1. The van der Waals surface area contributed by atoms with E-state index in [0.29, 0.717) is 28.3 Å². The van der Waals surface area contributed by atoms with E-state index in [1.165, 1.54) is 17.0 Å². The van der Waals surface area contributed by atoms with Gasteiger partial charge >= 0.3 is 6.09 Å². The number of aryl methyl sites for hydroxylation is 1. The zero-order chi connectivity index (χ0) is 30.2. The van der Waals surface area contributed by atoms with Crippen molar-refractivity contribution in [2.75, 3.05) is 11.9 Å². The Morgan fingerprint density at radius 3 is 2.22 bits per heavy atom. The molecular formula is C32H38ClN3O5. The highest BCUT2D eigenvalue weighted by Gasteiger charge is 2.36. The van der Waals surface area contributed by atoms with Gasteiger partial charge in [0.1, 0.15) is 23.4 Å². The Morgan fingerprint density at radius 1 is 0.976 bits per heavy atom. The van der Waals surface area contributed by atoms with Crippen LogP contribution in [0.15, 0.2) is 72.8 Å². The number of nitrogens with zero attached hydrogens (tertiary/aromatic N) is 1. The maximum absolute atomic E-state index is 14.3. The zero-order valence-electron chi connectivity index (χ0n) is 24.1. The fraction of sp³-hybridized carbons (Fsp3) is 0.344. The number of ether oxygens (including phenoxy) is 1. The van der Waals surface area contributed by atoms with Gasteiger partial charge in [-0.25, -0.2) is 4.79 Å². The number of phenols is 1. The van der Waals surface area contributed by atoms with E-state index < -0.39 is 35.6 Å². The Balaban J connectivity index is 2.03. The number of carbonyl (C=O) groups is 3. The Morgan fingerprint density at radius 2 is 1.63 bits per heavy atom. The van der Waals surface area contributed by atoms with Crippen LogP contribution in [0.1, 0.15) is 56.8 Å². The number of halogens is 1. The summed E-state index contributed by atoms with van der Waals surface area (Å²) in [5.41, 5.74) is 1.79. The Hall–Kier alpha value is -4.04. The van der Waals surface area contributed by atoms with Gasteiger partial charge in [-0.1, -0.05) is 73.1 Å². The lowest BCUT2D eigenvalue weighted by molar-refractivity contribution is -0.140. The summed E-state index contributed by atoms with van der Waals surface area (Å²) in [4.78, 5) is 42.6. The molecule has 8 nitrogen and oxygen atoms in total. The summed E-state index contributed by atoms with van der Waals surface area (Å²) >= 11 is 6.41. The van der Waals surface area contributed by atoms with Crippen LogP contribution in [0.3, 0.4) is 0 Å². The fourth-order valence-corrected chi connectivity index (χ4v) is 4.68. The molecule has 0 aromatic heterocycles. The Bertz CT molecular complexity index is 1320. The highest BCUT2D eigenvalue weighted by molar-refractivity contribution is 6.34. The van der Waals surface area contributed by atoms with Crippen molar-refractivity contribution in [2.24, 2.45) is 0 Å². The van der Waals surface area contributed by atoms with Gasteiger partial charge in [0.05, 0.1) is 10.7 Å². The molecule has 9 heteroatoms. The van der Waals surface area contributed by atoms with Crippen molar-refractivity contribution in [1.29, 1.82) is 0 Å². The Labute approximate surface area is 246 Å². The maximum atomic E-state index is 14.3. The lowest BCUT2D eigenvalue weighted by Crippen LogP contribution is -2.53. The van der Waals surface area contributed by atoms with Crippen LogP contribution >= 0.6 is 11.6 Å². The van der Waals surface area contributed by atoms with Crippen LogP contribution < -0.4 is 10.6 Å². The van der Waals surface area contributed by atoms with Crippen molar-refractivity contribution < 1.29 is 24.2 Å².